The molecule has 4 heteroatoms. The third-order valence-corrected chi connectivity index (χ3v) is 3.11. The molecule has 0 saturated heterocycles. The van der Waals surface area contributed by atoms with E-state index in [2.05, 4.69) is 36.9 Å². The number of nitrogens with one attached hydrogen (secondary N) is 1. The lowest BCUT2D eigenvalue weighted by Gasteiger charge is -2.34. The van der Waals surface area contributed by atoms with E-state index in [1.54, 1.807) is 6.92 Å². The Kier molecular flexibility index (Phi) is 5.21. The van der Waals surface area contributed by atoms with E-state index in [9.17, 15) is 4.79 Å². The van der Waals surface area contributed by atoms with Gasteiger partial charge in [0.25, 0.3) is 6.47 Å². The third-order valence-electron chi connectivity index (χ3n) is 3.11. The van der Waals surface area contributed by atoms with Gasteiger partial charge in [-0.1, -0.05) is 6.07 Å². The molecule has 0 saturated carbocycles. The van der Waals surface area contributed by atoms with Crippen molar-refractivity contribution in [1.82, 2.24) is 0 Å². The van der Waals surface area contributed by atoms with Crippen LogP contribution in [0.2, 0.25) is 0 Å². The van der Waals surface area contributed by atoms with Gasteiger partial charge in [0.15, 0.2) is 0 Å². The molecule has 1 aliphatic rings. The van der Waals surface area contributed by atoms with Crippen LogP contribution in [0.1, 0.15) is 38.3 Å². The number of hydrogen-bond acceptors (Lipinski definition) is 4. The minimum absolute atomic E-state index is 0.177. The van der Waals surface area contributed by atoms with Crippen LogP contribution in [0.3, 0.4) is 0 Å². The number of fused-ring (bicyclic) bond motifs is 1. The zero-order chi connectivity index (χ0) is 14.5. The van der Waals surface area contributed by atoms with E-state index in [-0.39, 0.29) is 5.54 Å². The monoisotopic (exact) mass is 264 g/mol. The number of rotatable bonds is 2. The maximum absolute atomic E-state index is 9.18. The van der Waals surface area contributed by atoms with Crippen molar-refractivity contribution in [2.24, 2.45) is 0 Å². The minimum atomic E-state index is 0.177. The van der Waals surface area contributed by atoms with Gasteiger partial charge in [0.1, 0.15) is 0 Å². The number of benzene rings is 1. The lowest BCUT2D eigenvalue weighted by molar-refractivity contribution is -0.128. The topological polar surface area (TPSA) is 64.3 Å². The largest absolute Gasteiger partial charge is 0.468 e. The molecule has 0 bridgehead atoms. The van der Waals surface area contributed by atoms with E-state index in [1.165, 1.54) is 17.5 Å². The second kappa shape index (κ2) is 6.45. The molecular formula is C15H24N2O2. The van der Waals surface area contributed by atoms with Crippen molar-refractivity contribution in [1.29, 1.82) is 0 Å². The highest BCUT2D eigenvalue weighted by Gasteiger charge is 2.25. The molecule has 0 unspecified atom stereocenters. The molecule has 0 radical (unpaired) electrons. The van der Waals surface area contributed by atoms with Crippen molar-refractivity contribution in [2.45, 2.75) is 46.1 Å². The molecule has 3 N–H and O–H groups in total. The van der Waals surface area contributed by atoms with Gasteiger partial charge in [-0.15, -0.1) is 0 Å². The summed E-state index contributed by atoms with van der Waals surface area (Å²) in [7, 11) is 0. The molecule has 1 heterocycles. The Balaban J connectivity index is 0.000000312. The van der Waals surface area contributed by atoms with E-state index in [1.807, 2.05) is 6.07 Å². The summed E-state index contributed by atoms with van der Waals surface area (Å²) in [6.45, 7) is 9.19. The first-order valence-corrected chi connectivity index (χ1v) is 6.62. The van der Waals surface area contributed by atoms with Gasteiger partial charge in [-0.05, 0) is 57.7 Å². The maximum Gasteiger partial charge on any atom is 0.293 e. The molecule has 0 fully saturated rings. The zero-order valence-electron chi connectivity index (χ0n) is 12.2. The fraction of sp³-hybridized carbons (Fsp3) is 0.533. The first-order chi connectivity index (χ1) is 8.89. The molecule has 1 aliphatic heterocycles. The van der Waals surface area contributed by atoms with E-state index in [0.717, 1.165) is 17.8 Å². The maximum atomic E-state index is 9.18. The lowest BCUT2D eigenvalue weighted by Crippen LogP contribution is -2.35. The molecule has 0 amide bonds. The van der Waals surface area contributed by atoms with Crippen molar-refractivity contribution in [3.63, 3.8) is 0 Å². The number of carbonyl (C=O) groups excluding carboxylic acids is 1. The van der Waals surface area contributed by atoms with Crippen LogP contribution >= 0.6 is 0 Å². The molecule has 0 spiro atoms. The van der Waals surface area contributed by atoms with E-state index in [4.69, 9.17) is 5.73 Å². The number of ether oxygens (including phenoxy) is 1. The lowest BCUT2D eigenvalue weighted by atomic mass is 9.88. The fourth-order valence-electron chi connectivity index (χ4n) is 2.16. The molecule has 0 atom stereocenters. The molecule has 2 rings (SSSR count). The molecular weight excluding hydrogens is 240 g/mol. The molecule has 106 valence electrons. The average Bonchev–Trinajstić information content (AvgIpc) is 2.32. The van der Waals surface area contributed by atoms with Gasteiger partial charge >= 0.3 is 0 Å². The number of aryl methyl sites for hydroxylation is 2. The van der Waals surface area contributed by atoms with Gasteiger partial charge in [-0.25, -0.2) is 0 Å². The second-order valence-corrected chi connectivity index (χ2v) is 5.45. The van der Waals surface area contributed by atoms with Crippen LogP contribution < -0.4 is 11.1 Å². The van der Waals surface area contributed by atoms with Gasteiger partial charge in [0, 0.05) is 5.54 Å². The minimum Gasteiger partial charge on any atom is -0.468 e. The van der Waals surface area contributed by atoms with Crippen molar-refractivity contribution < 1.29 is 9.53 Å². The smallest absolute Gasteiger partial charge is 0.293 e. The Morgan fingerprint density at radius 2 is 2.16 bits per heavy atom. The van der Waals surface area contributed by atoms with Crippen LogP contribution in [0.25, 0.3) is 0 Å². The second-order valence-electron chi connectivity index (χ2n) is 5.45. The van der Waals surface area contributed by atoms with Crippen LogP contribution in [0.15, 0.2) is 12.1 Å². The normalized spacial score (nSPS) is 15.4. The SMILES string of the molecule is CCOC=O.Cc1cc(N)c2c(c1)CCC(C)(C)N2. The van der Waals surface area contributed by atoms with Gasteiger partial charge < -0.3 is 15.8 Å². The molecule has 19 heavy (non-hydrogen) atoms. The van der Waals surface area contributed by atoms with Crippen molar-refractivity contribution in [3.05, 3.63) is 23.3 Å². The van der Waals surface area contributed by atoms with Gasteiger partial charge in [0.2, 0.25) is 0 Å². The van der Waals surface area contributed by atoms with Crippen LogP contribution in [-0.2, 0) is 16.0 Å². The van der Waals surface area contributed by atoms with Crippen LogP contribution in [0.4, 0.5) is 11.4 Å². The Hall–Kier alpha value is -1.71. The summed E-state index contributed by atoms with van der Waals surface area (Å²) in [6.07, 6.45) is 2.30. The summed E-state index contributed by atoms with van der Waals surface area (Å²) in [5.74, 6) is 0. The highest BCUT2D eigenvalue weighted by Crippen LogP contribution is 2.35. The van der Waals surface area contributed by atoms with E-state index in [0.29, 0.717) is 13.1 Å². The zero-order valence-corrected chi connectivity index (χ0v) is 12.2. The summed E-state index contributed by atoms with van der Waals surface area (Å²) in [4.78, 5) is 9.18. The standard InChI is InChI=1S/C12H18N2.C3H6O2/c1-8-6-9-4-5-12(2,3)14-11(9)10(13)7-8;1-2-5-3-4/h6-7,14H,4-5,13H2,1-3H3;3H,2H2,1H3. The van der Waals surface area contributed by atoms with Crippen LogP contribution in [0.5, 0.6) is 0 Å². The predicted molar refractivity (Wildman–Crippen MR) is 79.3 cm³/mol. The van der Waals surface area contributed by atoms with E-state index < -0.39 is 0 Å². The fourth-order valence-corrected chi connectivity index (χ4v) is 2.16. The first-order valence-electron chi connectivity index (χ1n) is 6.62. The molecule has 0 aromatic heterocycles. The highest BCUT2D eigenvalue weighted by molar-refractivity contribution is 5.73. The Bertz CT molecular complexity index is 442. The average molecular weight is 264 g/mol. The molecule has 1 aromatic rings. The molecule has 4 nitrogen and oxygen atoms in total. The van der Waals surface area contributed by atoms with Crippen molar-refractivity contribution in [2.75, 3.05) is 17.7 Å². The summed E-state index contributed by atoms with van der Waals surface area (Å²) >= 11 is 0. The number of hydrogen-bond donors (Lipinski definition) is 2. The Morgan fingerprint density at radius 1 is 1.47 bits per heavy atom. The summed E-state index contributed by atoms with van der Waals surface area (Å²) in [6, 6.07) is 4.27. The highest BCUT2D eigenvalue weighted by atomic mass is 16.5. The van der Waals surface area contributed by atoms with Crippen molar-refractivity contribution >= 4 is 17.8 Å². The summed E-state index contributed by atoms with van der Waals surface area (Å²) in [5, 5.41) is 3.51. The molecule has 1 aromatic carbocycles. The Morgan fingerprint density at radius 3 is 2.68 bits per heavy atom. The number of nitrogens with two attached hydrogens (primary N) is 1. The molecule has 0 aliphatic carbocycles. The van der Waals surface area contributed by atoms with Gasteiger partial charge in [-0.3, -0.25) is 4.79 Å². The summed E-state index contributed by atoms with van der Waals surface area (Å²) < 4.78 is 4.15. The van der Waals surface area contributed by atoms with E-state index >= 15 is 0 Å². The quantitative estimate of drug-likeness (QED) is 0.637. The van der Waals surface area contributed by atoms with Crippen LogP contribution in [0, 0.1) is 6.92 Å². The number of anilines is 2. The van der Waals surface area contributed by atoms with Gasteiger partial charge in [-0.2, -0.15) is 0 Å². The Labute approximate surface area is 115 Å². The predicted octanol–water partition coefficient (Wildman–Crippen LogP) is 2.89. The third kappa shape index (κ3) is 4.47. The van der Waals surface area contributed by atoms with Crippen LogP contribution in [-0.4, -0.2) is 18.6 Å². The first kappa shape index (κ1) is 15.3. The summed E-state index contributed by atoms with van der Waals surface area (Å²) in [5.41, 5.74) is 10.8. The number of nitrogen functional groups attached to an aromatic ring is 1. The van der Waals surface area contributed by atoms with Gasteiger partial charge in [0.05, 0.1) is 18.0 Å². The van der Waals surface area contributed by atoms with Crippen molar-refractivity contribution in [3.8, 4) is 0 Å². The number of carbonyl (C=O) groups is 1.